The molecule has 184 valence electrons. The molecule has 4 rings (SSSR count). The van der Waals surface area contributed by atoms with Gasteiger partial charge in [0.15, 0.2) is 0 Å². The van der Waals surface area contributed by atoms with Crippen LogP contribution in [0.5, 0.6) is 0 Å². The molecule has 2 fully saturated rings. The monoisotopic (exact) mass is 487 g/mol. The van der Waals surface area contributed by atoms with E-state index in [9.17, 15) is 18.0 Å². The highest BCUT2D eigenvalue weighted by molar-refractivity contribution is 7.89. The zero-order chi connectivity index (χ0) is 24.3. The molecule has 2 aliphatic rings. The number of H-pyrrole nitrogens is 1. The van der Waals surface area contributed by atoms with Gasteiger partial charge in [0.2, 0.25) is 15.9 Å². The van der Waals surface area contributed by atoms with Gasteiger partial charge < -0.3 is 19.7 Å². The molecule has 3 heterocycles. The van der Waals surface area contributed by atoms with E-state index < -0.39 is 10.0 Å². The number of anilines is 1. The van der Waals surface area contributed by atoms with E-state index in [1.54, 1.807) is 9.80 Å². The maximum Gasteiger partial charge on any atom is 0.270 e. The topological polar surface area (TPSA) is 97.0 Å². The Hall–Kier alpha value is -2.85. The summed E-state index contributed by atoms with van der Waals surface area (Å²) in [5.41, 5.74) is 1.37. The normalized spacial score (nSPS) is 17.9. The number of para-hydroxylation sites is 1. The van der Waals surface area contributed by atoms with Crippen LogP contribution in [-0.4, -0.2) is 92.2 Å². The molecule has 2 saturated heterocycles. The summed E-state index contributed by atoms with van der Waals surface area (Å²) in [4.78, 5) is 34.0. The number of hydrogen-bond donors (Lipinski definition) is 1. The molecular weight excluding hydrogens is 454 g/mol. The Bertz CT molecular complexity index is 1100. The Labute approximate surface area is 201 Å². The maximum atomic E-state index is 13.0. The molecule has 9 nitrogen and oxygen atoms in total. The molecule has 1 N–H and O–H groups in total. The number of likely N-dealkylation sites (N-methyl/N-ethyl adjacent to an activating group) is 1. The lowest BCUT2D eigenvalue weighted by atomic mass is 9.99. The number of amides is 2. The number of carbonyl (C=O) groups is 2. The van der Waals surface area contributed by atoms with Crippen LogP contribution in [0.25, 0.3) is 0 Å². The van der Waals surface area contributed by atoms with Crippen molar-refractivity contribution in [2.45, 2.75) is 24.7 Å². The third-order valence-corrected chi connectivity index (χ3v) is 8.56. The van der Waals surface area contributed by atoms with E-state index >= 15 is 0 Å². The number of aromatic nitrogens is 1. The lowest BCUT2D eigenvalue weighted by Gasteiger charge is -2.36. The number of nitrogens with zero attached hydrogens (tertiary/aromatic N) is 4. The number of carbonyl (C=O) groups excluding carboxylic acids is 2. The summed E-state index contributed by atoms with van der Waals surface area (Å²) < 4.78 is 27.1. The van der Waals surface area contributed by atoms with Gasteiger partial charge in [-0.2, -0.15) is 4.31 Å². The highest BCUT2D eigenvalue weighted by atomic mass is 32.2. The Morgan fingerprint density at radius 1 is 1.00 bits per heavy atom. The van der Waals surface area contributed by atoms with Gasteiger partial charge in [-0.05, 0) is 37.0 Å². The zero-order valence-corrected chi connectivity index (χ0v) is 20.6. The molecule has 10 heteroatoms. The van der Waals surface area contributed by atoms with Crippen LogP contribution in [0.15, 0.2) is 47.5 Å². The number of hydrogen-bond acceptors (Lipinski definition) is 5. The second kappa shape index (κ2) is 10.2. The van der Waals surface area contributed by atoms with Crippen molar-refractivity contribution in [2.75, 3.05) is 57.8 Å². The fourth-order valence-corrected chi connectivity index (χ4v) is 5.55. The number of piperazine rings is 1. The van der Waals surface area contributed by atoms with E-state index in [0.717, 1.165) is 22.8 Å². The summed E-state index contributed by atoms with van der Waals surface area (Å²) in [5, 5.41) is 0. The van der Waals surface area contributed by atoms with E-state index in [4.69, 9.17) is 0 Å². The van der Waals surface area contributed by atoms with Gasteiger partial charge in [-0.1, -0.05) is 25.1 Å². The second-order valence-corrected chi connectivity index (χ2v) is 11.2. The molecule has 2 aliphatic heterocycles. The van der Waals surface area contributed by atoms with Gasteiger partial charge >= 0.3 is 0 Å². The Balaban J connectivity index is 1.33. The molecule has 2 aromatic rings. The fourth-order valence-electron chi connectivity index (χ4n) is 4.44. The number of rotatable bonds is 6. The van der Waals surface area contributed by atoms with Crippen molar-refractivity contribution in [2.24, 2.45) is 5.92 Å². The molecule has 2 amide bonds. The van der Waals surface area contributed by atoms with Gasteiger partial charge in [0, 0.05) is 58.2 Å². The first kappa shape index (κ1) is 24.3. The van der Waals surface area contributed by atoms with Gasteiger partial charge in [0.05, 0.1) is 6.54 Å². The molecule has 1 aromatic heterocycles. The van der Waals surface area contributed by atoms with Crippen molar-refractivity contribution < 1.29 is 18.0 Å². The van der Waals surface area contributed by atoms with Gasteiger partial charge in [0.25, 0.3) is 5.91 Å². The van der Waals surface area contributed by atoms with Crippen molar-refractivity contribution in [3.8, 4) is 0 Å². The van der Waals surface area contributed by atoms with E-state index in [1.165, 1.54) is 19.3 Å². The molecule has 0 atom stereocenters. The van der Waals surface area contributed by atoms with Gasteiger partial charge in [-0.25, -0.2) is 8.42 Å². The first-order valence-electron chi connectivity index (χ1n) is 11.8. The van der Waals surface area contributed by atoms with Crippen LogP contribution < -0.4 is 4.90 Å². The number of piperidine rings is 1. The van der Waals surface area contributed by atoms with Crippen LogP contribution in [0.2, 0.25) is 0 Å². The Morgan fingerprint density at radius 3 is 2.29 bits per heavy atom. The van der Waals surface area contributed by atoms with Gasteiger partial charge in [-0.15, -0.1) is 0 Å². The molecule has 34 heavy (non-hydrogen) atoms. The molecule has 0 aliphatic carbocycles. The SMILES string of the molecule is CC1CCN(C(=O)c2cc(S(=O)(=O)N(C)CC(=O)N3CCN(c4ccccc4)CC3)c[nH]2)CC1. The van der Waals surface area contributed by atoms with Crippen molar-refractivity contribution in [1.82, 2.24) is 19.1 Å². The smallest absolute Gasteiger partial charge is 0.270 e. The molecule has 0 radical (unpaired) electrons. The number of aromatic amines is 1. The lowest BCUT2D eigenvalue weighted by Crippen LogP contribution is -2.51. The van der Waals surface area contributed by atoms with E-state index in [-0.39, 0.29) is 28.9 Å². The summed E-state index contributed by atoms with van der Waals surface area (Å²) in [6.07, 6.45) is 3.22. The third kappa shape index (κ3) is 5.28. The van der Waals surface area contributed by atoms with Gasteiger partial charge in [-0.3, -0.25) is 9.59 Å². The summed E-state index contributed by atoms with van der Waals surface area (Å²) in [5.74, 6) is 0.174. The minimum atomic E-state index is -3.91. The van der Waals surface area contributed by atoms with Crippen molar-refractivity contribution in [3.63, 3.8) is 0 Å². The average Bonchev–Trinajstić information content (AvgIpc) is 3.36. The van der Waals surface area contributed by atoms with Crippen LogP contribution in [0.3, 0.4) is 0 Å². The Morgan fingerprint density at radius 2 is 1.65 bits per heavy atom. The predicted octanol–water partition coefficient (Wildman–Crippen LogP) is 1.86. The van der Waals surface area contributed by atoms with E-state index in [2.05, 4.69) is 16.8 Å². The average molecular weight is 488 g/mol. The van der Waals surface area contributed by atoms with Crippen molar-refractivity contribution >= 4 is 27.5 Å². The minimum Gasteiger partial charge on any atom is -0.368 e. The van der Waals surface area contributed by atoms with Crippen molar-refractivity contribution in [1.29, 1.82) is 0 Å². The van der Waals surface area contributed by atoms with Crippen LogP contribution in [0, 0.1) is 5.92 Å². The summed E-state index contributed by atoms with van der Waals surface area (Å²) in [6, 6.07) is 11.4. The molecule has 0 spiro atoms. The minimum absolute atomic E-state index is 0.00887. The van der Waals surface area contributed by atoms with E-state index in [1.807, 2.05) is 30.3 Å². The molecule has 1 aromatic carbocycles. The number of benzene rings is 1. The molecular formula is C24H33N5O4S. The first-order valence-corrected chi connectivity index (χ1v) is 13.2. The second-order valence-electron chi connectivity index (χ2n) is 9.19. The highest BCUT2D eigenvalue weighted by Gasteiger charge is 2.29. The van der Waals surface area contributed by atoms with Crippen molar-refractivity contribution in [3.05, 3.63) is 48.3 Å². The largest absolute Gasteiger partial charge is 0.368 e. The third-order valence-electron chi connectivity index (χ3n) is 6.78. The number of nitrogens with one attached hydrogen (secondary N) is 1. The fraction of sp³-hybridized carbons (Fsp3) is 0.500. The number of sulfonamides is 1. The number of likely N-dealkylation sites (tertiary alicyclic amines) is 1. The maximum absolute atomic E-state index is 13.0. The Kier molecular flexibility index (Phi) is 7.27. The molecule has 0 unspecified atom stereocenters. The summed E-state index contributed by atoms with van der Waals surface area (Å²) >= 11 is 0. The van der Waals surface area contributed by atoms with Crippen LogP contribution in [-0.2, 0) is 14.8 Å². The molecule has 0 bridgehead atoms. The summed E-state index contributed by atoms with van der Waals surface area (Å²) in [6.45, 7) is 5.75. The summed E-state index contributed by atoms with van der Waals surface area (Å²) in [7, 11) is -2.51. The van der Waals surface area contributed by atoms with Crippen LogP contribution >= 0.6 is 0 Å². The van der Waals surface area contributed by atoms with Crippen LogP contribution in [0.1, 0.15) is 30.3 Å². The van der Waals surface area contributed by atoms with Gasteiger partial charge in [0.1, 0.15) is 10.6 Å². The quantitative estimate of drug-likeness (QED) is 0.671. The predicted molar refractivity (Wildman–Crippen MR) is 130 cm³/mol. The lowest BCUT2D eigenvalue weighted by molar-refractivity contribution is -0.131. The zero-order valence-electron chi connectivity index (χ0n) is 19.8. The highest BCUT2D eigenvalue weighted by Crippen LogP contribution is 2.21. The first-order chi connectivity index (χ1) is 16.3. The van der Waals surface area contributed by atoms with E-state index in [0.29, 0.717) is 45.2 Å². The molecule has 0 saturated carbocycles. The van der Waals surface area contributed by atoms with Crippen LogP contribution in [0.4, 0.5) is 5.69 Å². The standard InChI is InChI=1S/C24H33N5O4S/c1-19-8-10-29(11-9-19)24(31)22-16-21(17-25-22)34(32,33)26(2)18-23(30)28-14-12-27(13-15-28)20-6-4-3-5-7-20/h3-7,16-17,19,25H,8-15,18H2,1-2H3.